The Hall–Kier alpha value is -1.48. The van der Waals surface area contributed by atoms with Crippen molar-refractivity contribution in [3.05, 3.63) is 28.2 Å². The smallest absolute Gasteiger partial charge is 0.410 e. The predicted molar refractivity (Wildman–Crippen MR) is 108 cm³/mol. The largest absolute Gasteiger partial charge is 0.493 e. The number of piperazine rings is 1. The van der Waals surface area contributed by atoms with Crippen LogP contribution < -0.4 is 4.74 Å². The topological polar surface area (TPSA) is 42.0 Å². The summed E-state index contributed by atoms with van der Waals surface area (Å²) >= 11 is 3.43. The predicted octanol–water partition coefficient (Wildman–Crippen LogP) is 5.01. The van der Waals surface area contributed by atoms with Gasteiger partial charge in [-0.2, -0.15) is 13.2 Å². The van der Waals surface area contributed by atoms with Gasteiger partial charge in [0, 0.05) is 36.2 Å². The minimum Gasteiger partial charge on any atom is -0.493 e. The van der Waals surface area contributed by atoms with Gasteiger partial charge in [-0.1, -0.05) is 22.0 Å². The van der Waals surface area contributed by atoms with Crippen LogP contribution in [0.25, 0.3) is 0 Å². The number of carbonyl (C=O) groups excluding carboxylic acids is 1. The van der Waals surface area contributed by atoms with Gasteiger partial charge in [-0.25, -0.2) is 4.79 Å². The van der Waals surface area contributed by atoms with Crippen LogP contribution in [0.3, 0.4) is 0 Å². The highest BCUT2D eigenvalue weighted by Gasteiger charge is 2.47. The monoisotopic (exact) mass is 480 g/mol. The number of rotatable bonds is 5. The van der Waals surface area contributed by atoms with Crippen LogP contribution in [-0.2, 0) is 4.74 Å². The van der Waals surface area contributed by atoms with E-state index in [0.717, 1.165) is 14.9 Å². The first-order chi connectivity index (χ1) is 13.4. The molecule has 164 valence electrons. The zero-order chi connectivity index (χ0) is 21.8. The van der Waals surface area contributed by atoms with Gasteiger partial charge in [0.15, 0.2) is 0 Å². The van der Waals surface area contributed by atoms with Crippen LogP contribution in [0, 0.1) is 6.92 Å². The average molecular weight is 481 g/mol. The van der Waals surface area contributed by atoms with Gasteiger partial charge >= 0.3 is 12.3 Å². The summed E-state index contributed by atoms with van der Waals surface area (Å²) in [5, 5.41) is 0. The molecule has 0 saturated carbocycles. The molecule has 1 aliphatic rings. The molecule has 1 aromatic carbocycles. The van der Waals surface area contributed by atoms with E-state index in [4.69, 9.17) is 9.47 Å². The third kappa shape index (κ3) is 7.06. The molecule has 0 aliphatic carbocycles. The van der Waals surface area contributed by atoms with Gasteiger partial charge in [0.2, 0.25) is 0 Å². The molecule has 1 saturated heterocycles. The third-order valence-corrected chi connectivity index (χ3v) is 5.45. The van der Waals surface area contributed by atoms with E-state index in [1.807, 2.05) is 25.1 Å². The van der Waals surface area contributed by atoms with Crippen molar-refractivity contribution in [2.75, 3.05) is 32.8 Å². The third-order valence-electron chi connectivity index (χ3n) is 4.59. The second kappa shape index (κ2) is 9.55. The molecule has 0 radical (unpaired) electrons. The Morgan fingerprint density at radius 2 is 1.93 bits per heavy atom. The molecule has 1 aliphatic heterocycles. The second-order valence-corrected chi connectivity index (χ2v) is 8.94. The lowest BCUT2D eigenvalue weighted by Crippen LogP contribution is -2.60. The van der Waals surface area contributed by atoms with E-state index in [-0.39, 0.29) is 19.6 Å². The molecule has 0 aromatic heterocycles. The summed E-state index contributed by atoms with van der Waals surface area (Å²) in [5.41, 5.74) is 0.204. The maximum Gasteiger partial charge on any atom is 0.410 e. The standard InChI is InChI=1S/C20H28BrF3N2O3/c1-14-15(21)7-5-8-16(14)28-12-6-9-25-10-11-26(13-17(25)20(22,23)24)18(27)29-19(2,3)4/h5,7-8,17H,6,9-13H2,1-4H3/t17-/m0/s1. The molecule has 29 heavy (non-hydrogen) atoms. The Balaban J connectivity index is 1.91. The molecule has 1 atom stereocenters. The van der Waals surface area contributed by atoms with Gasteiger partial charge in [0.1, 0.15) is 17.4 Å². The van der Waals surface area contributed by atoms with Crippen LogP contribution in [0.1, 0.15) is 32.8 Å². The number of halogens is 4. The fourth-order valence-corrected chi connectivity index (χ4v) is 3.43. The average Bonchev–Trinajstić information content (AvgIpc) is 2.59. The number of nitrogens with zero attached hydrogens (tertiary/aromatic N) is 2. The molecule has 0 N–H and O–H groups in total. The van der Waals surface area contributed by atoms with Gasteiger partial charge in [0.25, 0.3) is 0 Å². The molecule has 0 spiro atoms. The van der Waals surface area contributed by atoms with Crippen LogP contribution in [0.4, 0.5) is 18.0 Å². The first-order valence-corrected chi connectivity index (χ1v) is 10.3. The Morgan fingerprint density at radius 1 is 1.24 bits per heavy atom. The molecule has 9 heteroatoms. The molecule has 1 heterocycles. The summed E-state index contributed by atoms with van der Waals surface area (Å²) in [6.07, 6.45) is -4.69. The summed E-state index contributed by atoms with van der Waals surface area (Å²) in [6.45, 7) is 7.44. The van der Waals surface area contributed by atoms with Gasteiger partial charge in [0.05, 0.1) is 6.61 Å². The molecule has 2 rings (SSSR count). The Labute approximate surface area is 178 Å². The van der Waals surface area contributed by atoms with Crippen molar-refractivity contribution >= 4 is 22.0 Å². The van der Waals surface area contributed by atoms with Crippen LogP contribution in [-0.4, -0.2) is 66.5 Å². The Bertz CT molecular complexity index is 707. The summed E-state index contributed by atoms with van der Waals surface area (Å²) in [5.74, 6) is 0.710. The fourth-order valence-electron chi connectivity index (χ4n) is 3.08. The molecule has 0 bridgehead atoms. The van der Waals surface area contributed by atoms with Gasteiger partial charge < -0.3 is 14.4 Å². The molecule has 1 aromatic rings. The van der Waals surface area contributed by atoms with Crippen molar-refractivity contribution < 1.29 is 27.4 Å². The van der Waals surface area contributed by atoms with Crippen molar-refractivity contribution in [2.24, 2.45) is 0 Å². The number of hydrogen-bond acceptors (Lipinski definition) is 4. The fraction of sp³-hybridized carbons (Fsp3) is 0.650. The second-order valence-electron chi connectivity index (χ2n) is 8.08. The number of benzene rings is 1. The van der Waals surface area contributed by atoms with Gasteiger partial charge in [-0.3, -0.25) is 4.90 Å². The lowest BCUT2D eigenvalue weighted by molar-refractivity contribution is -0.195. The van der Waals surface area contributed by atoms with Crippen LogP contribution in [0.5, 0.6) is 5.75 Å². The number of carbonyl (C=O) groups is 1. The summed E-state index contributed by atoms with van der Waals surface area (Å²) in [7, 11) is 0. The molecule has 0 unspecified atom stereocenters. The van der Waals surface area contributed by atoms with Crippen LogP contribution in [0.2, 0.25) is 0 Å². The first-order valence-electron chi connectivity index (χ1n) is 9.55. The molecule has 1 amide bonds. The zero-order valence-electron chi connectivity index (χ0n) is 17.2. The molecule has 5 nitrogen and oxygen atoms in total. The van der Waals surface area contributed by atoms with E-state index in [2.05, 4.69) is 15.9 Å². The SMILES string of the molecule is Cc1c(Br)cccc1OCCCN1CCN(C(=O)OC(C)(C)C)C[C@H]1C(F)(F)F. The summed E-state index contributed by atoms with van der Waals surface area (Å²) in [6, 6.07) is 3.87. The number of alkyl halides is 3. The van der Waals surface area contributed by atoms with E-state index >= 15 is 0 Å². The maximum atomic E-state index is 13.6. The minimum absolute atomic E-state index is 0.138. The maximum absolute atomic E-state index is 13.6. The van der Waals surface area contributed by atoms with Gasteiger partial charge in [-0.05, 0) is 46.2 Å². The highest BCUT2D eigenvalue weighted by Crippen LogP contribution is 2.29. The molecule has 1 fully saturated rings. The zero-order valence-corrected chi connectivity index (χ0v) is 18.8. The van der Waals surface area contributed by atoms with Crippen molar-refractivity contribution in [1.29, 1.82) is 0 Å². The van der Waals surface area contributed by atoms with Crippen LogP contribution in [0.15, 0.2) is 22.7 Å². The summed E-state index contributed by atoms with van der Waals surface area (Å²) in [4.78, 5) is 14.7. The van der Waals surface area contributed by atoms with Crippen molar-refractivity contribution in [3.8, 4) is 5.75 Å². The van der Waals surface area contributed by atoms with Crippen molar-refractivity contribution in [2.45, 2.75) is 51.9 Å². The Morgan fingerprint density at radius 3 is 2.55 bits per heavy atom. The first kappa shape index (κ1) is 23.8. The molecular weight excluding hydrogens is 453 g/mol. The van der Waals surface area contributed by atoms with Crippen molar-refractivity contribution in [3.63, 3.8) is 0 Å². The summed E-state index contributed by atoms with van der Waals surface area (Å²) < 4.78 is 52.6. The number of hydrogen-bond donors (Lipinski definition) is 0. The van der Waals surface area contributed by atoms with E-state index < -0.39 is 30.5 Å². The lowest BCUT2D eigenvalue weighted by atomic mass is 10.1. The molecular formula is C20H28BrF3N2O3. The normalized spacial score (nSPS) is 18.6. The highest BCUT2D eigenvalue weighted by molar-refractivity contribution is 9.10. The van der Waals surface area contributed by atoms with Crippen LogP contribution >= 0.6 is 15.9 Å². The van der Waals surface area contributed by atoms with E-state index in [1.54, 1.807) is 20.8 Å². The number of amides is 1. The quantitative estimate of drug-likeness (QED) is 0.555. The van der Waals surface area contributed by atoms with Crippen molar-refractivity contribution in [1.82, 2.24) is 9.80 Å². The minimum atomic E-state index is -4.43. The highest BCUT2D eigenvalue weighted by atomic mass is 79.9. The van der Waals surface area contributed by atoms with Gasteiger partial charge in [-0.15, -0.1) is 0 Å². The number of ether oxygens (including phenoxy) is 2. The van der Waals surface area contributed by atoms with E-state index in [9.17, 15) is 18.0 Å². The van der Waals surface area contributed by atoms with E-state index in [1.165, 1.54) is 4.90 Å². The Kier molecular flexibility index (Phi) is 7.84. The van der Waals surface area contributed by atoms with E-state index in [0.29, 0.717) is 18.8 Å². The lowest BCUT2D eigenvalue weighted by Gasteiger charge is -2.42.